The lowest BCUT2D eigenvalue weighted by Gasteiger charge is -2.06. The summed E-state index contributed by atoms with van der Waals surface area (Å²) < 4.78 is 1.65. The molecule has 6 nitrogen and oxygen atoms in total. The predicted molar refractivity (Wildman–Crippen MR) is 86.1 cm³/mol. The van der Waals surface area contributed by atoms with E-state index in [1.54, 1.807) is 23.9 Å². The van der Waals surface area contributed by atoms with Gasteiger partial charge in [0.25, 0.3) is 5.91 Å². The highest BCUT2D eigenvalue weighted by Gasteiger charge is 2.11. The maximum atomic E-state index is 12.1. The third kappa shape index (κ3) is 4.36. The van der Waals surface area contributed by atoms with Crippen LogP contribution in [0.3, 0.4) is 0 Å². The van der Waals surface area contributed by atoms with Crippen molar-refractivity contribution < 1.29 is 14.7 Å². The van der Waals surface area contributed by atoms with Crippen molar-refractivity contribution in [2.75, 3.05) is 11.1 Å². The number of aliphatic carboxylic acids is 1. The van der Waals surface area contributed by atoms with Crippen molar-refractivity contribution in [3.05, 3.63) is 47.3 Å². The molecule has 2 aromatic rings. The van der Waals surface area contributed by atoms with Crippen LogP contribution in [-0.2, 0) is 17.6 Å². The zero-order valence-electron chi connectivity index (χ0n) is 12.4. The van der Waals surface area contributed by atoms with Gasteiger partial charge in [-0.3, -0.25) is 14.3 Å². The molecule has 7 heteroatoms. The van der Waals surface area contributed by atoms with Crippen molar-refractivity contribution in [1.82, 2.24) is 9.78 Å². The molecule has 2 N–H and O–H groups in total. The topological polar surface area (TPSA) is 84.2 Å². The molecule has 0 fully saturated rings. The molecule has 2 rings (SSSR count). The normalized spacial score (nSPS) is 10.5. The number of carbonyl (C=O) groups is 2. The van der Waals surface area contributed by atoms with Gasteiger partial charge in [-0.2, -0.15) is 5.10 Å². The van der Waals surface area contributed by atoms with Crippen LogP contribution in [0.1, 0.15) is 21.7 Å². The van der Waals surface area contributed by atoms with Crippen LogP contribution >= 0.6 is 11.8 Å². The Kier molecular flexibility index (Phi) is 5.21. The van der Waals surface area contributed by atoms with Crippen LogP contribution in [0, 0.1) is 6.92 Å². The van der Waals surface area contributed by atoms with Crippen LogP contribution in [0.25, 0.3) is 0 Å². The van der Waals surface area contributed by atoms with E-state index in [0.29, 0.717) is 17.1 Å². The summed E-state index contributed by atoms with van der Waals surface area (Å²) in [6.45, 7) is 1.88. The zero-order valence-corrected chi connectivity index (χ0v) is 13.2. The average molecular weight is 319 g/mol. The SMILES string of the molecule is Cc1cc(C(=O)Nc2cccc(CSCC(=O)O)c2)nn1C. The molecule has 0 saturated heterocycles. The Balaban J connectivity index is 2.00. The fraction of sp³-hybridized carbons (Fsp3) is 0.267. The minimum atomic E-state index is -0.833. The lowest BCUT2D eigenvalue weighted by atomic mass is 10.2. The van der Waals surface area contributed by atoms with Crippen molar-refractivity contribution in [2.45, 2.75) is 12.7 Å². The number of carboxylic acid groups (broad SMARTS) is 1. The number of hydrogen-bond acceptors (Lipinski definition) is 4. The Morgan fingerprint density at radius 2 is 2.14 bits per heavy atom. The standard InChI is InChI=1S/C15H17N3O3S/c1-10-6-13(17-18(10)2)15(21)16-12-5-3-4-11(7-12)8-22-9-14(19)20/h3-7H,8-9H2,1-2H3,(H,16,21)(H,19,20). The van der Waals surface area contributed by atoms with Crippen molar-refractivity contribution in [2.24, 2.45) is 7.05 Å². The number of nitrogens with zero attached hydrogens (tertiary/aromatic N) is 2. The van der Waals surface area contributed by atoms with E-state index < -0.39 is 5.97 Å². The quantitative estimate of drug-likeness (QED) is 0.853. The van der Waals surface area contributed by atoms with E-state index >= 15 is 0 Å². The number of amides is 1. The molecule has 0 atom stereocenters. The van der Waals surface area contributed by atoms with E-state index in [9.17, 15) is 9.59 Å². The second kappa shape index (κ2) is 7.13. The van der Waals surface area contributed by atoms with Gasteiger partial charge in [-0.05, 0) is 30.7 Å². The second-order valence-corrected chi connectivity index (χ2v) is 5.82. The maximum Gasteiger partial charge on any atom is 0.313 e. The van der Waals surface area contributed by atoms with Gasteiger partial charge in [0.2, 0.25) is 0 Å². The molecule has 0 spiro atoms. The molecule has 1 aromatic heterocycles. The maximum absolute atomic E-state index is 12.1. The molecule has 0 aliphatic carbocycles. The number of benzene rings is 1. The smallest absolute Gasteiger partial charge is 0.313 e. The van der Waals surface area contributed by atoms with Gasteiger partial charge in [0.1, 0.15) is 0 Å². The van der Waals surface area contributed by atoms with Gasteiger partial charge in [-0.15, -0.1) is 11.8 Å². The molecule has 0 bridgehead atoms. The highest BCUT2D eigenvalue weighted by Crippen LogP contribution is 2.17. The second-order valence-electron chi connectivity index (χ2n) is 4.84. The molecular formula is C15H17N3O3S. The third-order valence-electron chi connectivity index (χ3n) is 3.03. The molecule has 1 aromatic carbocycles. The van der Waals surface area contributed by atoms with Crippen LogP contribution < -0.4 is 5.32 Å². The summed E-state index contributed by atoms with van der Waals surface area (Å²) in [5.41, 5.74) is 2.90. The summed E-state index contributed by atoms with van der Waals surface area (Å²) in [6, 6.07) is 9.08. The third-order valence-corrected chi connectivity index (χ3v) is 4.01. The van der Waals surface area contributed by atoms with Crippen LogP contribution in [0.5, 0.6) is 0 Å². The lowest BCUT2D eigenvalue weighted by Crippen LogP contribution is -2.13. The van der Waals surface area contributed by atoms with Gasteiger partial charge < -0.3 is 10.4 Å². The Bertz CT molecular complexity index is 678. The average Bonchev–Trinajstić information content (AvgIpc) is 2.79. The monoisotopic (exact) mass is 319 g/mol. The van der Waals surface area contributed by atoms with Gasteiger partial charge >= 0.3 is 5.97 Å². The lowest BCUT2D eigenvalue weighted by molar-refractivity contribution is -0.133. The molecule has 0 unspecified atom stereocenters. The van der Waals surface area contributed by atoms with Crippen LogP contribution in [-0.4, -0.2) is 32.5 Å². The first-order valence-electron chi connectivity index (χ1n) is 6.66. The minimum absolute atomic E-state index is 0.0593. The Morgan fingerprint density at radius 3 is 2.77 bits per heavy atom. The number of aromatic nitrogens is 2. The Labute approximate surface area is 132 Å². The molecule has 22 heavy (non-hydrogen) atoms. The summed E-state index contributed by atoms with van der Waals surface area (Å²) >= 11 is 1.32. The van der Waals surface area contributed by atoms with E-state index in [-0.39, 0.29) is 11.7 Å². The molecule has 116 valence electrons. The van der Waals surface area contributed by atoms with Crippen LogP contribution in [0.2, 0.25) is 0 Å². The Morgan fingerprint density at radius 1 is 1.36 bits per heavy atom. The molecule has 0 radical (unpaired) electrons. The molecule has 0 aliphatic heterocycles. The van der Waals surface area contributed by atoms with Gasteiger partial charge in [0.05, 0.1) is 5.75 Å². The van der Waals surface area contributed by atoms with Crippen molar-refractivity contribution in [1.29, 1.82) is 0 Å². The first kappa shape index (κ1) is 16.1. The summed E-state index contributed by atoms with van der Waals surface area (Å²) in [6.07, 6.45) is 0. The summed E-state index contributed by atoms with van der Waals surface area (Å²) in [5.74, 6) is -0.457. The summed E-state index contributed by atoms with van der Waals surface area (Å²) in [7, 11) is 1.78. The predicted octanol–water partition coefficient (Wildman–Crippen LogP) is 2.30. The fourth-order valence-corrected chi connectivity index (χ4v) is 2.55. The highest BCUT2D eigenvalue weighted by molar-refractivity contribution is 7.99. The minimum Gasteiger partial charge on any atom is -0.481 e. The van der Waals surface area contributed by atoms with E-state index in [2.05, 4.69) is 10.4 Å². The van der Waals surface area contributed by atoms with Crippen molar-refractivity contribution >= 4 is 29.3 Å². The molecule has 0 saturated carbocycles. The van der Waals surface area contributed by atoms with Crippen molar-refractivity contribution in [3.8, 4) is 0 Å². The van der Waals surface area contributed by atoms with Gasteiger partial charge in [0, 0.05) is 24.2 Å². The van der Waals surface area contributed by atoms with Crippen molar-refractivity contribution in [3.63, 3.8) is 0 Å². The van der Waals surface area contributed by atoms with Gasteiger partial charge in [-0.1, -0.05) is 12.1 Å². The molecule has 0 aliphatic rings. The number of thioether (sulfide) groups is 1. The first-order valence-corrected chi connectivity index (χ1v) is 7.81. The van der Waals surface area contributed by atoms with E-state index in [1.165, 1.54) is 11.8 Å². The molecule has 1 heterocycles. The van der Waals surface area contributed by atoms with Gasteiger partial charge in [-0.25, -0.2) is 0 Å². The van der Waals surface area contributed by atoms with E-state index in [1.807, 2.05) is 25.1 Å². The number of hydrogen-bond donors (Lipinski definition) is 2. The number of carboxylic acids is 1. The van der Waals surface area contributed by atoms with Crippen LogP contribution in [0.4, 0.5) is 5.69 Å². The van der Waals surface area contributed by atoms with E-state index in [4.69, 9.17) is 5.11 Å². The Hall–Kier alpha value is -2.28. The van der Waals surface area contributed by atoms with Gasteiger partial charge in [0.15, 0.2) is 5.69 Å². The largest absolute Gasteiger partial charge is 0.481 e. The number of rotatable bonds is 6. The van der Waals surface area contributed by atoms with Crippen LogP contribution in [0.15, 0.2) is 30.3 Å². The summed E-state index contributed by atoms with van der Waals surface area (Å²) in [4.78, 5) is 22.6. The van der Waals surface area contributed by atoms with E-state index in [0.717, 1.165) is 11.3 Å². The molecule has 1 amide bonds. The number of nitrogens with one attached hydrogen (secondary N) is 1. The first-order chi connectivity index (χ1) is 10.5. The molecular weight excluding hydrogens is 302 g/mol. The number of carbonyl (C=O) groups excluding carboxylic acids is 1. The number of aryl methyl sites for hydroxylation is 2. The zero-order chi connectivity index (χ0) is 16.1. The summed E-state index contributed by atoms with van der Waals surface area (Å²) in [5, 5.41) is 15.6. The highest BCUT2D eigenvalue weighted by atomic mass is 32.2. The number of anilines is 1. The fourth-order valence-electron chi connectivity index (χ4n) is 1.86.